The highest BCUT2D eigenvalue weighted by atomic mass is 32.2. The van der Waals surface area contributed by atoms with Crippen LogP contribution in [0.3, 0.4) is 0 Å². The maximum atomic E-state index is 12.2. The maximum Gasteiger partial charge on any atom is 0.248 e. The molecule has 0 aliphatic carbocycles. The zero-order valence-corrected chi connectivity index (χ0v) is 14.8. The summed E-state index contributed by atoms with van der Waals surface area (Å²) in [4.78, 5) is 13.6. The lowest BCUT2D eigenvalue weighted by atomic mass is 10.1. The Bertz CT molecular complexity index is 648. The third kappa shape index (κ3) is 5.01. The SMILES string of the molecule is CN(C)S(=O)(=O)C[C@@H]1CN(C(=O)COCc2ccccc2)C[C@H]1O. The molecular formula is C16H24N2O5S. The number of aliphatic hydroxyl groups excluding tert-OH is 1. The van der Waals surface area contributed by atoms with E-state index in [2.05, 4.69) is 0 Å². The van der Waals surface area contributed by atoms with Crippen LogP contribution in [0.25, 0.3) is 0 Å². The largest absolute Gasteiger partial charge is 0.391 e. The van der Waals surface area contributed by atoms with Gasteiger partial charge in [-0.2, -0.15) is 0 Å². The average molecular weight is 356 g/mol. The second-order valence-electron chi connectivity index (χ2n) is 6.17. The summed E-state index contributed by atoms with van der Waals surface area (Å²) in [5.74, 6) is -0.888. The van der Waals surface area contributed by atoms with Gasteiger partial charge in [0.1, 0.15) is 6.61 Å². The van der Waals surface area contributed by atoms with Crippen LogP contribution in [0.2, 0.25) is 0 Å². The highest BCUT2D eigenvalue weighted by Gasteiger charge is 2.37. The van der Waals surface area contributed by atoms with E-state index in [1.807, 2.05) is 30.3 Å². The van der Waals surface area contributed by atoms with Crippen LogP contribution in [-0.4, -0.2) is 74.3 Å². The summed E-state index contributed by atoms with van der Waals surface area (Å²) >= 11 is 0. The predicted octanol–water partition coefficient (Wildman–Crippen LogP) is -0.0861. The van der Waals surface area contributed by atoms with E-state index in [1.165, 1.54) is 19.0 Å². The molecule has 0 spiro atoms. The van der Waals surface area contributed by atoms with Gasteiger partial charge in [0, 0.05) is 33.1 Å². The summed E-state index contributed by atoms with van der Waals surface area (Å²) in [7, 11) is -0.502. The monoisotopic (exact) mass is 356 g/mol. The van der Waals surface area contributed by atoms with Gasteiger partial charge in [-0.3, -0.25) is 4.79 Å². The van der Waals surface area contributed by atoms with Gasteiger partial charge in [-0.25, -0.2) is 12.7 Å². The number of nitrogens with zero attached hydrogens (tertiary/aromatic N) is 2. The number of benzene rings is 1. The van der Waals surface area contributed by atoms with Gasteiger partial charge in [-0.1, -0.05) is 30.3 Å². The number of hydrogen-bond acceptors (Lipinski definition) is 5. The zero-order chi connectivity index (χ0) is 17.7. The number of ether oxygens (including phenoxy) is 1. The van der Waals surface area contributed by atoms with Crippen LogP contribution in [0.5, 0.6) is 0 Å². The van der Waals surface area contributed by atoms with Crippen molar-refractivity contribution in [1.82, 2.24) is 9.21 Å². The zero-order valence-electron chi connectivity index (χ0n) is 14.0. The molecule has 1 aromatic rings. The first-order valence-electron chi connectivity index (χ1n) is 7.77. The Morgan fingerprint density at radius 2 is 1.96 bits per heavy atom. The van der Waals surface area contributed by atoms with Gasteiger partial charge in [0.05, 0.1) is 18.5 Å². The van der Waals surface area contributed by atoms with E-state index in [4.69, 9.17) is 4.74 Å². The number of hydrogen-bond donors (Lipinski definition) is 1. The van der Waals surface area contributed by atoms with E-state index in [0.29, 0.717) is 6.61 Å². The number of aliphatic hydroxyl groups is 1. The molecule has 0 bridgehead atoms. The predicted molar refractivity (Wildman–Crippen MR) is 89.6 cm³/mol. The molecule has 134 valence electrons. The second kappa shape index (κ2) is 8.06. The van der Waals surface area contributed by atoms with Crippen LogP contribution < -0.4 is 0 Å². The minimum atomic E-state index is -3.41. The van der Waals surface area contributed by atoms with E-state index in [9.17, 15) is 18.3 Å². The smallest absolute Gasteiger partial charge is 0.248 e. The Balaban J connectivity index is 1.82. The lowest BCUT2D eigenvalue weighted by Crippen LogP contribution is -2.34. The van der Waals surface area contributed by atoms with E-state index in [-0.39, 0.29) is 31.4 Å². The molecule has 1 amide bonds. The number of carbonyl (C=O) groups excluding carboxylic acids is 1. The molecule has 1 aromatic carbocycles. The van der Waals surface area contributed by atoms with Crippen LogP contribution >= 0.6 is 0 Å². The minimum Gasteiger partial charge on any atom is -0.391 e. The second-order valence-corrected chi connectivity index (χ2v) is 8.39. The normalized spacial score (nSPS) is 21.4. The summed E-state index contributed by atoms with van der Waals surface area (Å²) in [5.41, 5.74) is 0.974. The average Bonchev–Trinajstić information content (AvgIpc) is 2.88. The molecule has 0 radical (unpaired) electrons. The van der Waals surface area contributed by atoms with Crippen LogP contribution in [0, 0.1) is 5.92 Å². The molecule has 24 heavy (non-hydrogen) atoms. The molecule has 0 unspecified atom stereocenters. The summed E-state index contributed by atoms with van der Waals surface area (Å²) in [6, 6.07) is 9.51. The highest BCUT2D eigenvalue weighted by Crippen LogP contribution is 2.20. The fourth-order valence-corrected chi connectivity index (χ4v) is 3.73. The molecule has 1 heterocycles. The fraction of sp³-hybridized carbons (Fsp3) is 0.562. The summed E-state index contributed by atoms with van der Waals surface area (Å²) in [5, 5.41) is 10.0. The maximum absolute atomic E-state index is 12.2. The van der Waals surface area contributed by atoms with E-state index in [1.54, 1.807) is 0 Å². The Morgan fingerprint density at radius 3 is 2.58 bits per heavy atom. The van der Waals surface area contributed by atoms with Crippen molar-refractivity contribution in [3.05, 3.63) is 35.9 Å². The number of amides is 1. The molecule has 7 nitrogen and oxygen atoms in total. The van der Waals surface area contributed by atoms with Crippen molar-refractivity contribution in [3.8, 4) is 0 Å². The van der Waals surface area contributed by atoms with Gasteiger partial charge < -0.3 is 14.7 Å². The standard InChI is InChI=1S/C16H24N2O5S/c1-17(2)24(21,22)12-14-8-18(9-15(14)19)16(20)11-23-10-13-6-4-3-5-7-13/h3-7,14-15,19H,8-12H2,1-2H3/t14-,15+/m0/s1. The van der Waals surface area contributed by atoms with Crippen molar-refractivity contribution >= 4 is 15.9 Å². The van der Waals surface area contributed by atoms with Crippen molar-refractivity contribution in [2.24, 2.45) is 5.92 Å². The first kappa shape index (κ1) is 18.9. The molecular weight excluding hydrogens is 332 g/mol. The number of likely N-dealkylation sites (tertiary alicyclic amines) is 1. The van der Waals surface area contributed by atoms with E-state index < -0.39 is 22.0 Å². The number of rotatable bonds is 7. The topological polar surface area (TPSA) is 87.2 Å². The first-order valence-corrected chi connectivity index (χ1v) is 9.38. The third-order valence-electron chi connectivity index (χ3n) is 4.08. The molecule has 1 aliphatic rings. The van der Waals surface area contributed by atoms with Crippen LogP contribution in [0.4, 0.5) is 0 Å². The van der Waals surface area contributed by atoms with Gasteiger partial charge in [-0.15, -0.1) is 0 Å². The fourth-order valence-electron chi connectivity index (χ4n) is 2.56. The summed E-state index contributed by atoms with van der Waals surface area (Å²) < 4.78 is 30.4. The Hall–Kier alpha value is -1.48. The van der Waals surface area contributed by atoms with E-state index >= 15 is 0 Å². The molecule has 1 aliphatic heterocycles. The lowest BCUT2D eigenvalue weighted by molar-refractivity contribution is -0.135. The molecule has 8 heteroatoms. The third-order valence-corrected chi connectivity index (χ3v) is 6.04. The Morgan fingerprint density at radius 1 is 1.29 bits per heavy atom. The Labute approximate surface area is 142 Å². The highest BCUT2D eigenvalue weighted by molar-refractivity contribution is 7.89. The van der Waals surface area contributed by atoms with Crippen LogP contribution in [0.1, 0.15) is 5.56 Å². The molecule has 1 fully saturated rings. The molecule has 1 N–H and O–H groups in total. The van der Waals surface area contributed by atoms with Gasteiger partial charge >= 0.3 is 0 Å². The first-order chi connectivity index (χ1) is 11.3. The van der Waals surface area contributed by atoms with E-state index in [0.717, 1.165) is 9.87 Å². The van der Waals surface area contributed by atoms with Crippen molar-refractivity contribution in [3.63, 3.8) is 0 Å². The number of β-amino-alcohol motifs (C(OH)–C–C–N with tert-alkyl or cyclic N) is 1. The molecule has 0 saturated carbocycles. The molecule has 0 aromatic heterocycles. The molecule has 2 rings (SSSR count). The number of carbonyl (C=O) groups is 1. The molecule has 2 atom stereocenters. The van der Waals surface area contributed by atoms with Crippen molar-refractivity contribution in [2.45, 2.75) is 12.7 Å². The number of sulfonamides is 1. The quantitative estimate of drug-likeness (QED) is 0.738. The summed E-state index contributed by atoms with van der Waals surface area (Å²) in [6.07, 6.45) is -0.835. The summed E-state index contributed by atoms with van der Waals surface area (Å²) in [6.45, 7) is 0.610. The van der Waals surface area contributed by atoms with Gasteiger partial charge in [0.25, 0.3) is 0 Å². The van der Waals surface area contributed by atoms with Gasteiger partial charge in [0.2, 0.25) is 15.9 Å². The van der Waals surface area contributed by atoms with Crippen molar-refractivity contribution in [1.29, 1.82) is 0 Å². The minimum absolute atomic E-state index is 0.0885. The molecule has 1 saturated heterocycles. The Kier molecular flexibility index (Phi) is 6.34. The van der Waals surface area contributed by atoms with Crippen molar-refractivity contribution < 1.29 is 23.1 Å². The van der Waals surface area contributed by atoms with Crippen LogP contribution in [0.15, 0.2) is 30.3 Å². The van der Waals surface area contributed by atoms with Crippen molar-refractivity contribution in [2.75, 3.05) is 39.5 Å². The van der Waals surface area contributed by atoms with Gasteiger partial charge in [-0.05, 0) is 5.56 Å². The lowest BCUT2D eigenvalue weighted by Gasteiger charge is -2.18. The van der Waals surface area contributed by atoms with Gasteiger partial charge in [0.15, 0.2) is 0 Å². The van der Waals surface area contributed by atoms with Crippen LogP contribution in [-0.2, 0) is 26.2 Å².